The summed E-state index contributed by atoms with van der Waals surface area (Å²) >= 11 is 0. The Hall–Kier alpha value is -3.81. The molecule has 6 unspecified atom stereocenters. The van der Waals surface area contributed by atoms with Crippen LogP contribution in [0.3, 0.4) is 0 Å². The molecule has 2 amide bonds. The first-order valence-corrected chi connectivity index (χ1v) is 17.6. The first kappa shape index (κ1) is 37.0. The third kappa shape index (κ3) is 8.47. The molecule has 6 rings (SSSR count). The van der Waals surface area contributed by atoms with Gasteiger partial charge in [0.15, 0.2) is 6.29 Å². The number of alkyl halides is 3. The molecule has 3 aliphatic heterocycles. The van der Waals surface area contributed by atoms with Crippen molar-refractivity contribution < 1.29 is 42.1 Å². The van der Waals surface area contributed by atoms with Gasteiger partial charge in [-0.25, -0.2) is 0 Å². The molecule has 3 aromatic rings. The number of nitrogens with one attached hydrogen (secondary N) is 1. The summed E-state index contributed by atoms with van der Waals surface area (Å²) in [4.78, 5) is 27.9. The molecule has 12 heteroatoms. The van der Waals surface area contributed by atoms with Crippen molar-refractivity contribution in [2.75, 3.05) is 33.4 Å². The molecule has 3 aliphatic rings. The Morgan fingerprint density at radius 2 is 1.65 bits per heavy atom. The second-order valence-corrected chi connectivity index (χ2v) is 13.7. The normalized spacial score (nSPS) is 25.6. The number of benzene rings is 3. The molecule has 0 saturated carbocycles. The van der Waals surface area contributed by atoms with E-state index in [1.807, 2.05) is 72.8 Å². The van der Waals surface area contributed by atoms with E-state index in [1.165, 1.54) is 0 Å². The zero-order chi connectivity index (χ0) is 36.1. The highest BCUT2D eigenvalue weighted by Gasteiger charge is 2.47. The first-order valence-electron chi connectivity index (χ1n) is 17.6. The van der Waals surface area contributed by atoms with Crippen molar-refractivity contribution in [2.24, 2.45) is 5.92 Å². The SMILES string of the molecule is COCC1CCCN1CC1OC(c2ccc(-c3ccccc3CNC(=O)C3CCCN3C(=O)C(F)(F)F)cc2)OC(c2ccc(CO)cc2)C1C. The molecular formula is C39H46F3N3O6. The number of halogens is 3. The van der Waals surface area contributed by atoms with Gasteiger partial charge in [0.2, 0.25) is 5.91 Å². The van der Waals surface area contributed by atoms with E-state index in [2.05, 4.69) is 17.1 Å². The minimum atomic E-state index is -5.03. The van der Waals surface area contributed by atoms with Gasteiger partial charge in [0.05, 0.1) is 25.4 Å². The van der Waals surface area contributed by atoms with Crippen LogP contribution in [-0.4, -0.2) is 84.4 Å². The van der Waals surface area contributed by atoms with Crippen molar-refractivity contribution in [2.45, 2.75) is 82.5 Å². The number of aliphatic hydroxyl groups excluding tert-OH is 1. The summed E-state index contributed by atoms with van der Waals surface area (Å²) < 4.78 is 58.2. The molecule has 0 bridgehead atoms. The predicted octanol–water partition coefficient (Wildman–Crippen LogP) is 5.92. The van der Waals surface area contributed by atoms with Crippen LogP contribution in [0.4, 0.5) is 13.2 Å². The molecule has 3 heterocycles. The molecule has 0 spiro atoms. The molecule has 9 nitrogen and oxygen atoms in total. The lowest BCUT2D eigenvalue weighted by molar-refractivity contribution is -0.276. The monoisotopic (exact) mass is 709 g/mol. The molecular weight excluding hydrogens is 663 g/mol. The number of amides is 2. The number of nitrogens with zero attached hydrogens (tertiary/aromatic N) is 2. The van der Waals surface area contributed by atoms with Gasteiger partial charge in [0.25, 0.3) is 0 Å². The highest BCUT2D eigenvalue weighted by atomic mass is 19.4. The van der Waals surface area contributed by atoms with E-state index in [1.54, 1.807) is 7.11 Å². The number of aliphatic hydroxyl groups is 1. The molecule has 0 radical (unpaired) electrons. The van der Waals surface area contributed by atoms with Crippen molar-refractivity contribution in [1.29, 1.82) is 0 Å². The second kappa shape index (κ2) is 16.2. The van der Waals surface area contributed by atoms with E-state index < -0.39 is 30.3 Å². The Labute approximate surface area is 296 Å². The standard InChI is InChI=1S/C39H46F3N3O6/c1-25-34(22-44-19-5-8-31(44)24-49-2)50-37(51-35(25)28-13-11-26(23-46)12-14-28)29-17-15-27(16-18-29)32-9-4-3-7-30(32)21-43-36(47)33-10-6-20-45(33)38(48)39(40,41)42/h3-4,7,9,11-18,25,31,33-35,37,46H,5-6,8,10,19-24H2,1-2H3,(H,43,47). The van der Waals surface area contributed by atoms with Crippen LogP contribution in [0.25, 0.3) is 11.1 Å². The molecule has 6 atom stereocenters. The van der Waals surface area contributed by atoms with Crippen LogP contribution in [0.15, 0.2) is 72.8 Å². The van der Waals surface area contributed by atoms with Crippen LogP contribution in [0.5, 0.6) is 0 Å². The minimum Gasteiger partial charge on any atom is -0.392 e. The van der Waals surface area contributed by atoms with Crippen molar-refractivity contribution in [3.63, 3.8) is 0 Å². The fourth-order valence-electron chi connectivity index (χ4n) is 7.60. The zero-order valence-electron chi connectivity index (χ0n) is 29.0. The number of hydrogen-bond donors (Lipinski definition) is 2. The summed E-state index contributed by atoms with van der Waals surface area (Å²) in [5.41, 5.74) is 5.23. The van der Waals surface area contributed by atoms with Gasteiger partial charge in [-0.05, 0) is 60.0 Å². The van der Waals surface area contributed by atoms with Crippen LogP contribution in [0.2, 0.25) is 0 Å². The van der Waals surface area contributed by atoms with Gasteiger partial charge in [-0.15, -0.1) is 0 Å². The number of hydrogen-bond acceptors (Lipinski definition) is 7. The van der Waals surface area contributed by atoms with E-state index in [0.29, 0.717) is 24.0 Å². The Bertz CT molecular complexity index is 1640. The van der Waals surface area contributed by atoms with Crippen molar-refractivity contribution in [3.05, 3.63) is 95.1 Å². The molecule has 2 N–H and O–H groups in total. The van der Waals surface area contributed by atoms with Gasteiger partial charge in [0, 0.05) is 44.3 Å². The lowest BCUT2D eigenvalue weighted by atomic mass is 9.89. The van der Waals surface area contributed by atoms with Crippen LogP contribution >= 0.6 is 0 Å². The Balaban J connectivity index is 1.18. The Morgan fingerprint density at radius 3 is 2.35 bits per heavy atom. The predicted molar refractivity (Wildman–Crippen MR) is 184 cm³/mol. The molecule has 51 heavy (non-hydrogen) atoms. The van der Waals surface area contributed by atoms with Gasteiger partial charge in [0.1, 0.15) is 6.04 Å². The van der Waals surface area contributed by atoms with Gasteiger partial charge in [-0.1, -0.05) is 79.7 Å². The Kier molecular flexibility index (Phi) is 11.8. The van der Waals surface area contributed by atoms with E-state index in [4.69, 9.17) is 14.2 Å². The van der Waals surface area contributed by atoms with Gasteiger partial charge in [-0.2, -0.15) is 13.2 Å². The third-order valence-corrected chi connectivity index (χ3v) is 10.4. The van der Waals surface area contributed by atoms with E-state index in [-0.39, 0.29) is 44.2 Å². The van der Waals surface area contributed by atoms with E-state index >= 15 is 0 Å². The van der Waals surface area contributed by atoms with E-state index in [9.17, 15) is 27.9 Å². The fraction of sp³-hybridized carbons (Fsp3) is 0.487. The fourth-order valence-corrected chi connectivity index (χ4v) is 7.60. The maximum absolute atomic E-state index is 13.1. The second-order valence-electron chi connectivity index (χ2n) is 13.7. The molecule has 3 fully saturated rings. The van der Waals surface area contributed by atoms with Crippen molar-refractivity contribution in [1.82, 2.24) is 15.1 Å². The minimum absolute atomic E-state index is 0.0322. The molecule has 0 aliphatic carbocycles. The molecule has 0 aromatic heterocycles. The van der Waals surface area contributed by atoms with Crippen LogP contribution < -0.4 is 5.32 Å². The average Bonchev–Trinajstić information content (AvgIpc) is 3.81. The summed E-state index contributed by atoms with van der Waals surface area (Å²) in [6, 6.07) is 22.4. The number of likely N-dealkylation sites (tertiary alicyclic amines) is 2. The van der Waals surface area contributed by atoms with Gasteiger partial charge >= 0.3 is 12.1 Å². The van der Waals surface area contributed by atoms with Crippen LogP contribution in [0, 0.1) is 5.92 Å². The lowest BCUT2D eigenvalue weighted by Crippen LogP contribution is -2.50. The number of ether oxygens (including phenoxy) is 3. The summed E-state index contributed by atoms with van der Waals surface area (Å²) in [7, 11) is 1.74. The molecule has 274 valence electrons. The highest BCUT2D eigenvalue weighted by molar-refractivity contribution is 5.90. The quantitative estimate of drug-likeness (QED) is 0.255. The number of carbonyl (C=O) groups excluding carboxylic acids is 2. The summed E-state index contributed by atoms with van der Waals surface area (Å²) in [6.45, 7) is 4.53. The third-order valence-electron chi connectivity index (χ3n) is 10.4. The summed E-state index contributed by atoms with van der Waals surface area (Å²) in [5, 5.41) is 12.4. The van der Waals surface area contributed by atoms with Gasteiger partial charge in [-0.3, -0.25) is 14.5 Å². The van der Waals surface area contributed by atoms with E-state index in [0.717, 1.165) is 59.3 Å². The number of carbonyl (C=O) groups is 2. The van der Waals surface area contributed by atoms with Crippen molar-refractivity contribution >= 4 is 11.8 Å². The summed E-state index contributed by atoms with van der Waals surface area (Å²) in [6.07, 6.45) is -3.29. The van der Waals surface area contributed by atoms with Crippen LogP contribution in [0.1, 0.15) is 67.3 Å². The van der Waals surface area contributed by atoms with Gasteiger partial charge < -0.3 is 29.5 Å². The first-order chi connectivity index (χ1) is 24.6. The molecule has 3 aromatic carbocycles. The van der Waals surface area contributed by atoms with Crippen LogP contribution in [-0.2, 0) is 37.0 Å². The summed E-state index contributed by atoms with van der Waals surface area (Å²) in [5.74, 6) is -2.53. The smallest absolute Gasteiger partial charge is 0.392 e. The van der Waals surface area contributed by atoms with Crippen molar-refractivity contribution in [3.8, 4) is 11.1 Å². The zero-order valence-corrected chi connectivity index (χ0v) is 29.0. The Morgan fingerprint density at radius 1 is 0.941 bits per heavy atom. The maximum atomic E-state index is 13.1. The lowest BCUT2D eigenvalue weighted by Gasteiger charge is -2.43. The largest absolute Gasteiger partial charge is 0.471 e. The topological polar surface area (TPSA) is 101 Å². The number of rotatable bonds is 11. The molecule has 3 saturated heterocycles. The maximum Gasteiger partial charge on any atom is 0.471 e. The average molecular weight is 710 g/mol. The highest BCUT2D eigenvalue weighted by Crippen LogP contribution is 2.42. The number of methoxy groups -OCH3 is 1.